The zero-order valence-corrected chi connectivity index (χ0v) is 16.8. The first kappa shape index (κ1) is 18.6. The molecular weight excluding hydrogens is 392 g/mol. The van der Waals surface area contributed by atoms with Crippen LogP contribution in [0.5, 0.6) is 11.5 Å². The number of thiazole rings is 1. The number of rotatable bonds is 7. The fourth-order valence-corrected chi connectivity index (χ4v) is 4.43. The molecule has 2 aromatic heterocycles. The molecule has 1 N–H and O–H groups in total. The third-order valence-electron chi connectivity index (χ3n) is 3.27. The van der Waals surface area contributed by atoms with E-state index in [2.05, 4.69) is 20.5 Å². The van der Waals surface area contributed by atoms with Crippen LogP contribution in [-0.2, 0) is 4.79 Å². The van der Waals surface area contributed by atoms with Crippen LogP contribution in [0, 0.1) is 6.92 Å². The Hall–Kier alpha value is -2.17. The molecule has 7 nitrogen and oxygen atoms in total. The second-order valence-electron chi connectivity index (χ2n) is 5.03. The number of nitrogens with one attached hydrogen (secondary N) is 1. The Labute approximate surface area is 162 Å². The summed E-state index contributed by atoms with van der Waals surface area (Å²) in [6, 6.07) is 5.52. The zero-order chi connectivity index (χ0) is 18.5. The average molecular weight is 409 g/mol. The summed E-state index contributed by atoms with van der Waals surface area (Å²) < 4.78 is 11.4. The second-order valence-corrected chi connectivity index (χ2v) is 8.29. The van der Waals surface area contributed by atoms with Crippen molar-refractivity contribution in [2.45, 2.75) is 11.3 Å². The predicted octanol–water partition coefficient (Wildman–Crippen LogP) is 3.72. The number of thioether (sulfide) groups is 1. The number of aryl methyl sites for hydroxylation is 1. The van der Waals surface area contributed by atoms with Gasteiger partial charge in [-0.3, -0.25) is 4.79 Å². The van der Waals surface area contributed by atoms with Crippen LogP contribution < -0.4 is 14.8 Å². The SMILES string of the molecule is COc1ccc(-c2csc(NC(=O)CSc3nnc(C)s3)n2)c(OC)c1. The normalized spacial score (nSPS) is 10.6. The number of anilines is 1. The summed E-state index contributed by atoms with van der Waals surface area (Å²) in [6.45, 7) is 1.88. The maximum Gasteiger partial charge on any atom is 0.236 e. The number of nitrogens with zero attached hydrogens (tertiary/aromatic N) is 3. The quantitative estimate of drug-likeness (QED) is 0.596. The van der Waals surface area contributed by atoms with Crippen LogP contribution in [0.4, 0.5) is 5.13 Å². The van der Waals surface area contributed by atoms with Crippen molar-refractivity contribution in [2.24, 2.45) is 0 Å². The predicted molar refractivity (Wildman–Crippen MR) is 105 cm³/mol. The number of benzene rings is 1. The van der Waals surface area contributed by atoms with Gasteiger partial charge in [0.25, 0.3) is 0 Å². The van der Waals surface area contributed by atoms with Gasteiger partial charge in [-0.1, -0.05) is 23.1 Å². The topological polar surface area (TPSA) is 86.2 Å². The first-order valence-corrected chi connectivity index (χ1v) is 10.2. The molecule has 136 valence electrons. The Balaban J connectivity index is 1.65. The molecule has 3 rings (SSSR count). The molecule has 0 fully saturated rings. The van der Waals surface area contributed by atoms with E-state index in [-0.39, 0.29) is 11.7 Å². The highest BCUT2D eigenvalue weighted by Crippen LogP contribution is 2.34. The van der Waals surface area contributed by atoms with Gasteiger partial charge in [0.1, 0.15) is 16.5 Å². The Bertz CT molecular complexity index is 910. The number of carbonyl (C=O) groups is 1. The van der Waals surface area contributed by atoms with E-state index in [0.717, 1.165) is 20.6 Å². The highest BCUT2D eigenvalue weighted by Gasteiger charge is 2.13. The minimum atomic E-state index is -0.134. The Morgan fingerprint density at radius 1 is 1.27 bits per heavy atom. The van der Waals surface area contributed by atoms with Crippen molar-refractivity contribution in [1.82, 2.24) is 15.2 Å². The molecule has 0 radical (unpaired) electrons. The van der Waals surface area contributed by atoms with Crippen molar-refractivity contribution >= 4 is 45.5 Å². The van der Waals surface area contributed by atoms with E-state index in [1.807, 2.05) is 24.4 Å². The van der Waals surface area contributed by atoms with Gasteiger partial charge in [-0.25, -0.2) is 4.98 Å². The fourth-order valence-electron chi connectivity index (χ4n) is 2.08. The lowest BCUT2D eigenvalue weighted by Gasteiger charge is -2.08. The van der Waals surface area contributed by atoms with Gasteiger partial charge in [0.05, 0.1) is 25.7 Å². The molecule has 1 amide bonds. The van der Waals surface area contributed by atoms with Crippen LogP contribution in [0.25, 0.3) is 11.3 Å². The molecule has 0 aliphatic rings. The maximum absolute atomic E-state index is 12.1. The van der Waals surface area contributed by atoms with Crippen LogP contribution in [0.2, 0.25) is 0 Å². The van der Waals surface area contributed by atoms with Crippen LogP contribution >= 0.6 is 34.4 Å². The molecule has 1 aromatic carbocycles. The molecule has 0 aliphatic heterocycles. The highest BCUT2D eigenvalue weighted by atomic mass is 32.2. The lowest BCUT2D eigenvalue weighted by molar-refractivity contribution is -0.113. The molecule has 0 atom stereocenters. The molecule has 0 saturated carbocycles. The molecule has 3 aromatic rings. The molecule has 10 heteroatoms. The Kier molecular flexibility index (Phi) is 6.07. The standard InChI is InChI=1S/C16H16N4O3S3/c1-9-19-20-16(26-9)25-8-14(21)18-15-17-12(7-24-15)11-5-4-10(22-2)6-13(11)23-3/h4-7H,8H2,1-3H3,(H,17,18,21). The number of methoxy groups -OCH3 is 2. The minimum absolute atomic E-state index is 0.134. The third kappa shape index (κ3) is 4.51. The van der Waals surface area contributed by atoms with Crippen molar-refractivity contribution < 1.29 is 14.3 Å². The second kappa shape index (κ2) is 8.47. The van der Waals surface area contributed by atoms with Crippen LogP contribution in [0.1, 0.15) is 5.01 Å². The summed E-state index contributed by atoms with van der Waals surface area (Å²) in [5.74, 6) is 1.49. The molecule has 0 bridgehead atoms. The van der Waals surface area contributed by atoms with Gasteiger partial charge >= 0.3 is 0 Å². The molecule has 26 heavy (non-hydrogen) atoms. The maximum atomic E-state index is 12.1. The third-order valence-corrected chi connectivity index (χ3v) is 6.00. The van der Waals surface area contributed by atoms with Crippen molar-refractivity contribution in [3.05, 3.63) is 28.6 Å². The van der Waals surface area contributed by atoms with Gasteiger partial charge in [0.15, 0.2) is 9.47 Å². The van der Waals surface area contributed by atoms with Gasteiger partial charge in [0.2, 0.25) is 5.91 Å². The van der Waals surface area contributed by atoms with Gasteiger partial charge in [0, 0.05) is 17.0 Å². The molecular formula is C16H16N4O3S3. The first-order valence-electron chi connectivity index (χ1n) is 7.49. The molecule has 2 heterocycles. The van der Waals surface area contributed by atoms with Crippen LogP contribution in [0.3, 0.4) is 0 Å². The van der Waals surface area contributed by atoms with Crippen molar-refractivity contribution in [2.75, 3.05) is 25.3 Å². The highest BCUT2D eigenvalue weighted by molar-refractivity contribution is 8.01. The summed E-state index contributed by atoms with van der Waals surface area (Å²) in [6.07, 6.45) is 0. The van der Waals surface area contributed by atoms with Crippen LogP contribution in [-0.4, -0.2) is 41.1 Å². The number of hydrogen-bond acceptors (Lipinski definition) is 9. The first-order chi connectivity index (χ1) is 12.6. The largest absolute Gasteiger partial charge is 0.497 e. The van der Waals surface area contributed by atoms with Gasteiger partial charge in [-0.05, 0) is 19.1 Å². The average Bonchev–Trinajstić information content (AvgIpc) is 3.28. The summed E-state index contributed by atoms with van der Waals surface area (Å²) in [5.41, 5.74) is 1.57. The van der Waals surface area contributed by atoms with E-state index in [0.29, 0.717) is 16.6 Å². The van der Waals surface area contributed by atoms with E-state index in [4.69, 9.17) is 9.47 Å². The van der Waals surface area contributed by atoms with Crippen molar-refractivity contribution in [3.63, 3.8) is 0 Å². The summed E-state index contributed by atoms with van der Waals surface area (Å²) in [7, 11) is 3.20. The van der Waals surface area contributed by atoms with Gasteiger partial charge < -0.3 is 14.8 Å². The van der Waals surface area contributed by atoms with E-state index >= 15 is 0 Å². The zero-order valence-electron chi connectivity index (χ0n) is 14.3. The molecule has 0 saturated heterocycles. The van der Waals surface area contributed by atoms with Crippen molar-refractivity contribution in [1.29, 1.82) is 0 Å². The smallest absolute Gasteiger partial charge is 0.236 e. The van der Waals surface area contributed by atoms with E-state index in [9.17, 15) is 4.79 Å². The molecule has 0 aliphatic carbocycles. The number of aromatic nitrogens is 3. The minimum Gasteiger partial charge on any atom is -0.497 e. The number of amides is 1. The molecule has 0 spiro atoms. The Morgan fingerprint density at radius 3 is 2.81 bits per heavy atom. The monoisotopic (exact) mass is 408 g/mol. The number of ether oxygens (including phenoxy) is 2. The summed E-state index contributed by atoms with van der Waals surface area (Å²) in [4.78, 5) is 16.6. The summed E-state index contributed by atoms with van der Waals surface area (Å²) in [5, 5.41) is 14.0. The van der Waals surface area contributed by atoms with Crippen LogP contribution in [0.15, 0.2) is 27.9 Å². The van der Waals surface area contributed by atoms with E-state index in [1.54, 1.807) is 20.3 Å². The van der Waals surface area contributed by atoms with Gasteiger partial charge in [-0.2, -0.15) is 0 Å². The lowest BCUT2D eigenvalue weighted by Crippen LogP contribution is -2.13. The fraction of sp³-hybridized carbons (Fsp3) is 0.250. The molecule has 0 unspecified atom stereocenters. The summed E-state index contributed by atoms with van der Waals surface area (Å²) >= 11 is 4.19. The lowest BCUT2D eigenvalue weighted by atomic mass is 10.1. The van der Waals surface area contributed by atoms with Gasteiger partial charge in [-0.15, -0.1) is 21.5 Å². The van der Waals surface area contributed by atoms with E-state index < -0.39 is 0 Å². The Morgan fingerprint density at radius 2 is 2.12 bits per heavy atom. The van der Waals surface area contributed by atoms with E-state index in [1.165, 1.54) is 34.4 Å². The number of hydrogen-bond donors (Lipinski definition) is 1. The number of carbonyl (C=O) groups excluding carboxylic acids is 1. The van der Waals surface area contributed by atoms with Crippen molar-refractivity contribution in [3.8, 4) is 22.8 Å².